The van der Waals surface area contributed by atoms with Gasteiger partial charge in [0.15, 0.2) is 0 Å². The summed E-state index contributed by atoms with van der Waals surface area (Å²) in [6.07, 6.45) is 0.834. The highest BCUT2D eigenvalue weighted by molar-refractivity contribution is 5.72. The molecule has 94 valence electrons. The van der Waals surface area contributed by atoms with Gasteiger partial charge in [-0.05, 0) is 30.6 Å². The summed E-state index contributed by atoms with van der Waals surface area (Å²) >= 11 is 0. The lowest BCUT2D eigenvalue weighted by molar-refractivity contribution is -0.184. The second kappa shape index (κ2) is 5.64. The van der Waals surface area contributed by atoms with Crippen molar-refractivity contribution >= 4 is 5.97 Å². The van der Waals surface area contributed by atoms with Gasteiger partial charge in [-0.1, -0.05) is 27.2 Å². The van der Waals surface area contributed by atoms with Crippen LogP contribution in [-0.2, 0) is 9.53 Å². The lowest BCUT2D eigenvalue weighted by atomic mass is 9.75. The molecule has 0 amide bonds. The number of hydrogen-bond acceptors (Lipinski definition) is 4. The summed E-state index contributed by atoms with van der Waals surface area (Å²) in [6.45, 7) is 6.35. The van der Waals surface area contributed by atoms with Gasteiger partial charge in [-0.15, -0.1) is 0 Å². The van der Waals surface area contributed by atoms with E-state index in [2.05, 4.69) is 20.8 Å². The van der Waals surface area contributed by atoms with Gasteiger partial charge in [0.2, 0.25) is 0 Å². The van der Waals surface area contributed by atoms with Crippen molar-refractivity contribution in [2.75, 3.05) is 0 Å². The fourth-order valence-corrected chi connectivity index (χ4v) is 2.46. The van der Waals surface area contributed by atoms with Crippen LogP contribution in [0.25, 0.3) is 0 Å². The van der Waals surface area contributed by atoms with Crippen LogP contribution in [0.3, 0.4) is 0 Å². The molecule has 0 aromatic carbocycles. The lowest BCUT2D eigenvalue weighted by Gasteiger charge is -2.36. The second-order valence-corrected chi connectivity index (χ2v) is 5.18. The third kappa shape index (κ3) is 3.46. The molecule has 0 aliphatic heterocycles. The molecule has 0 heterocycles. The lowest BCUT2D eigenvalue weighted by Crippen LogP contribution is -2.38. The molecule has 0 radical (unpaired) electrons. The third-order valence-corrected chi connectivity index (χ3v) is 3.44. The Labute approximate surface area is 96.6 Å². The second-order valence-electron chi connectivity index (χ2n) is 5.18. The van der Waals surface area contributed by atoms with Gasteiger partial charge in [-0.25, -0.2) is 4.79 Å². The summed E-state index contributed by atoms with van der Waals surface area (Å²) in [5.74, 6) is 0.383. The Morgan fingerprint density at radius 1 is 1.31 bits per heavy atom. The largest absolute Gasteiger partial charge is 0.458 e. The molecule has 1 fully saturated rings. The van der Waals surface area contributed by atoms with E-state index in [1.807, 2.05) is 0 Å². The van der Waals surface area contributed by atoms with Crippen LogP contribution >= 0.6 is 0 Å². The Morgan fingerprint density at radius 3 is 2.44 bits per heavy atom. The predicted octanol–water partition coefficient (Wildman–Crippen LogP) is 1.30. The fraction of sp³-hybridized carbons (Fsp3) is 0.917. The normalized spacial score (nSPS) is 30.8. The first-order chi connectivity index (χ1) is 7.41. The maximum atomic E-state index is 11.2. The number of esters is 1. The van der Waals surface area contributed by atoms with Crippen LogP contribution in [0.2, 0.25) is 0 Å². The quantitative estimate of drug-likeness (QED) is 0.566. The van der Waals surface area contributed by atoms with E-state index < -0.39 is 12.3 Å². The van der Waals surface area contributed by atoms with Gasteiger partial charge >= 0.3 is 5.97 Å². The van der Waals surface area contributed by atoms with Gasteiger partial charge in [-0.3, -0.25) is 0 Å². The SMILES string of the molecule is CC(C)[C@@H]1CC[C@H](C)C[C@@H]1OC(=O)C(O)O. The van der Waals surface area contributed by atoms with E-state index in [9.17, 15) is 4.79 Å². The third-order valence-electron chi connectivity index (χ3n) is 3.44. The summed E-state index contributed by atoms with van der Waals surface area (Å²) in [4.78, 5) is 11.2. The average molecular weight is 230 g/mol. The summed E-state index contributed by atoms with van der Waals surface area (Å²) < 4.78 is 5.16. The van der Waals surface area contributed by atoms with Gasteiger partial charge in [0.1, 0.15) is 6.10 Å². The van der Waals surface area contributed by atoms with E-state index in [0.29, 0.717) is 17.8 Å². The molecule has 2 N–H and O–H groups in total. The smallest absolute Gasteiger partial charge is 0.363 e. The zero-order valence-corrected chi connectivity index (χ0v) is 10.2. The molecule has 0 aromatic rings. The minimum atomic E-state index is -2.01. The van der Waals surface area contributed by atoms with E-state index >= 15 is 0 Å². The number of carbonyl (C=O) groups is 1. The molecule has 0 aromatic heterocycles. The topological polar surface area (TPSA) is 66.8 Å². The number of carbonyl (C=O) groups excluding carboxylic acids is 1. The molecule has 0 saturated heterocycles. The maximum absolute atomic E-state index is 11.2. The Kier molecular flexibility index (Phi) is 4.74. The summed E-state index contributed by atoms with van der Waals surface area (Å²) in [5.41, 5.74) is 0. The standard InChI is InChI=1S/C12H22O4/c1-7(2)9-5-4-8(3)6-10(9)16-12(15)11(13)14/h7-11,13-14H,4-6H2,1-3H3/t8-,9-,10-/m0/s1. The van der Waals surface area contributed by atoms with E-state index in [-0.39, 0.29) is 6.10 Å². The first-order valence-corrected chi connectivity index (χ1v) is 5.98. The van der Waals surface area contributed by atoms with Crippen LogP contribution in [0.1, 0.15) is 40.0 Å². The number of aliphatic hydroxyl groups is 2. The zero-order valence-electron chi connectivity index (χ0n) is 10.2. The highest BCUT2D eigenvalue weighted by Gasteiger charge is 2.34. The molecule has 0 unspecified atom stereocenters. The van der Waals surface area contributed by atoms with E-state index in [0.717, 1.165) is 19.3 Å². The molecular weight excluding hydrogens is 208 g/mol. The van der Waals surface area contributed by atoms with Crippen molar-refractivity contribution < 1.29 is 19.7 Å². The molecule has 4 heteroatoms. The minimum Gasteiger partial charge on any atom is -0.458 e. The van der Waals surface area contributed by atoms with Gasteiger partial charge in [0.25, 0.3) is 6.29 Å². The molecule has 1 aliphatic carbocycles. The Bertz CT molecular complexity index is 237. The molecule has 1 aliphatic rings. The van der Waals surface area contributed by atoms with Crippen molar-refractivity contribution in [3.05, 3.63) is 0 Å². The van der Waals surface area contributed by atoms with E-state index in [1.54, 1.807) is 0 Å². The van der Waals surface area contributed by atoms with Crippen LogP contribution in [0, 0.1) is 17.8 Å². The monoisotopic (exact) mass is 230 g/mol. The van der Waals surface area contributed by atoms with Gasteiger partial charge in [-0.2, -0.15) is 0 Å². The minimum absolute atomic E-state index is 0.168. The van der Waals surface area contributed by atoms with Crippen molar-refractivity contribution in [2.24, 2.45) is 17.8 Å². The van der Waals surface area contributed by atoms with Gasteiger partial charge in [0, 0.05) is 0 Å². The molecule has 1 saturated carbocycles. The molecule has 4 nitrogen and oxygen atoms in total. The summed E-state index contributed by atoms with van der Waals surface area (Å²) in [6, 6.07) is 0. The first-order valence-electron chi connectivity index (χ1n) is 5.98. The highest BCUT2D eigenvalue weighted by Crippen LogP contribution is 2.35. The molecule has 0 spiro atoms. The van der Waals surface area contributed by atoms with Crippen LogP contribution in [0.4, 0.5) is 0 Å². The summed E-state index contributed by atoms with van der Waals surface area (Å²) in [7, 11) is 0. The van der Waals surface area contributed by atoms with Crippen molar-refractivity contribution in [3.8, 4) is 0 Å². The number of ether oxygens (including phenoxy) is 1. The molecule has 3 atom stereocenters. The molecule has 16 heavy (non-hydrogen) atoms. The average Bonchev–Trinajstić information content (AvgIpc) is 2.16. The fourth-order valence-electron chi connectivity index (χ4n) is 2.46. The maximum Gasteiger partial charge on any atom is 0.363 e. The van der Waals surface area contributed by atoms with Crippen LogP contribution in [0.15, 0.2) is 0 Å². The van der Waals surface area contributed by atoms with Gasteiger partial charge < -0.3 is 14.9 Å². The highest BCUT2D eigenvalue weighted by atomic mass is 16.6. The van der Waals surface area contributed by atoms with Crippen LogP contribution in [-0.4, -0.2) is 28.6 Å². The summed E-state index contributed by atoms with van der Waals surface area (Å²) in [5, 5.41) is 17.4. The zero-order chi connectivity index (χ0) is 12.3. The Morgan fingerprint density at radius 2 is 1.94 bits per heavy atom. The van der Waals surface area contributed by atoms with E-state index in [4.69, 9.17) is 14.9 Å². The Hall–Kier alpha value is -0.610. The van der Waals surface area contributed by atoms with Gasteiger partial charge in [0.05, 0.1) is 0 Å². The molecular formula is C12H22O4. The van der Waals surface area contributed by atoms with Crippen molar-refractivity contribution in [2.45, 2.75) is 52.4 Å². The number of hydrogen-bond donors (Lipinski definition) is 2. The van der Waals surface area contributed by atoms with Crippen molar-refractivity contribution in [1.82, 2.24) is 0 Å². The molecule has 1 rings (SSSR count). The first kappa shape index (κ1) is 13.5. The van der Waals surface area contributed by atoms with Crippen LogP contribution in [0.5, 0.6) is 0 Å². The van der Waals surface area contributed by atoms with E-state index in [1.165, 1.54) is 0 Å². The number of rotatable bonds is 3. The van der Waals surface area contributed by atoms with Crippen molar-refractivity contribution in [1.29, 1.82) is 0 Å². The molecule has 0 bridgehead atoms. The van der Waals surface area contributed by atoms with Crippen LogP contribution < -0.4 is 0 Å². The number of aliphatic hydroxyl groups excluding tert-OH is 1. The van der Waals surface area contributed by atoms with Crippen molar-refractivity contribution in [3.63, 3.8) is 0 Å². The Balaban J connectivity index is 2.61. The predicted molar refractivity (Wildman–Crippen MR) is 59.4 cm³/mol.